The van der Waals surface area contributed by atoms with Gasteiger partial charge >= 0.3 is 6.09 Å². The molecular weight excluding hydrogens is 612 g/mol. The van der Waals surface area contributed by atoms with Crippen LogP contribution in [0.1, 0.15) is 92.2 Å². The van der Waals surface area contributed by atoms with Gasteiger partial charge in [0.1, 0.15) is 29.6 Å². The van der Waals surface area contributed by atoms with E-state index in [1.165, 1.54) is 19.2 Å². The Morgan fingerprint density at radius 1 is 1.08 bits per heavy atom. The van der Waals surface area contributed by atoms with Crippen LogP contribution in [0.2, 0.25) is 0 Å². The van der Waals surface area contributed by atoms with Crippen molar-refractivity contribution in [2.45, 2.75) is 110 Å². The van der Waals surface area contributed by atoms with E-state index < -0.39 is 23.8 Å². The number of pyridine rings is 1. The molecule has 1 saturated carbocycles. The van der Waals surface area contributed by atoms with E-state index in [0.29, 0.717) is 35.4 Å². The van der Waals surface area contributed by atoms with Gasteiger partial charge in [0.05, 0.1) is 17.8 Å². The Morgan fingerprint density at radius 2 is 1.88 bits per heavy atom. The van der Waals surface area contributed by atoms with Crippen LogP contribution in [0.25, 0.3) is 0 Å². The monoisotopic (exact) mass is 660 g/mol. The number of rotatable bonds is 10. The molecule has 1 saturated heterocycles. The molecule has 3 N–H and O–H groups in total. The Balaban J connectivity index is 1.16. The Morgan fingerprint density at radius 3 is 2.56 bits per heavy atom. The maximum absolute atomic E-state index is 13.6. The molecule has 0 radical (unpaired) electrons. The Labute approximate surface area is 282 Å². The first-order valence-corrected chi connectivity index (χ1v) is 17.2. The van der Waals surface area contributed by atoms with Crippen LogP contribution in [0.4, 0.5) is 16.4 Å². The number of aromatic nitrogens is 2. The van der Waals surface area contributed by atoms with Crippen LogP contribution < -0.4 is 20.3 Å². The van der Waals surface area contributed by atoms with Gasteiger partial charge in [0.2, 0.25) is 0 Å². The fourth-order valence-corrected chi connectivity index (χ4v) is 6.36. The lowest BCUT2D eigenvalue weighted by Crippen LogP contribution is -2.54. The number of aliphatic hydroxyl groups excluding tert-OH is 1. The normalized spacial score (nSPS) is 18.8. The van der Waals surface area contributed by atoms with Crippen molar-refractivity contribution in [2.24, 2.45) is 0 Å². The minimum Gasteiger partial charge on any atom is -0.486 e. The maximum atomic E-state index is 13.6. The zero-order valence-electron chi connectivity index (χ0n) is 28.5. The molecule has 1 aliphatic carbocycles. The first kappa shape index (κ1) is 33.6. The molecule has 48 heavy (non-hydrogen) atoms. The lowest BCUT2D eigenvalue weighted by atomic mass is 9.91. The molecule has 258 valence electrons. The van der Waals surface area contributed by atoms with Crippen molar-refractivity contribution < 1.29 is 28.6 Å². The van der Waals surface area contributed by atoms with Crippen molar-refractivity contribution in [3.63, 3.8) is 0 Å². The summed E-state index contributed by atoms with van der Waals surface area (Å²) in [7, 11) is 0. The van der Waals surface area contributed by atoms with Gasteiger partial charge in [0, 0.05) is 37.8 Å². The standard InChI is InChI=1S/C36H48N6O6/c1-23-31(47-22-38-23)21-46-28-12-11-24-16-29(42(20-26(24)15-28)35(45)48-36(2,3)4)30(43)19-37-34(44)25-17-32(39-27-9-8-10-27)40-33(18-25)41-13-6-5-7-14-41/h11-12,15,17-18,22,27,29-30,43H,5-10,13-14,16,19-21H2,1-4H3,(H,37,44)(H,39,40)/t29-,30+/m0/s1. The predicted molar refractivity (Wildman–Crippen MR) is 181 cm³/mol. The third kappa shape index (κ3) is 8.21. The molecule has 0 spiro atoms. The SMILES string of the molecule is Cc1ncoc1COc1ccc2c(c1)CN(C(=O)OC(C)(C)C)[C@H]([C@H](O)CNC(=O)c1cc(NC3CCC3)nc(N3CCCCC3)c1)C2. The molecule has 3 aromatic rings. The van der Waals surface area contributed by atoms with Crippen molar-refractivity contribution in [3.8, 4) is 5.75 Å². The van der Waals surface area contributed by atoms with Crippen LogP contribution in [0.15, 0.2) is 41.1 Å². The number of anilines is 2. The molecule has 12 heteroatoms. The van der Waals surface area contributed by atoms with E-state index in [2.05, 4.69) is 20.5 Å². The number of fused-ring (bicyclic) bond motifs is 1. The molecule has 6 rings (SSSR count). The van der Waals surface area contributed by atoms with Gasteiger partial charge in [0.25, 0.3) is 5.91 Å². The molecule has 2 fully saturated rings. The highest BCUT2D eigenvalue weighted by molar-refractivity contribution is 5.95. The first-order chi connectivity index (χ1) is 23.0. The summed E-state index contributed by atoms with van der Waals surface area (Å²) in [6.45, 7) is 9.54. The third-order valence-electron chi connectivity index (χ3n) is 9.32. The second-order valence-electron chi connectivity index (χ2n) is 14.2. The number of hydrogen-bond acceptors (Lipinski definition) is 10. The predicted octanol–water partition coefficient (Wildman–Crippen LogP) is 5.36. The molecule has 3 aliphatic rings. The van der Waals surface area contributed by atoms with E-state index >= 15 is 0 Å². The highest BCUT2D eigenvalue weighted by atomic mass is 16.6. The third-order valence-corrected chi connectivity index (χ3v) is 9.32. The summed E-state index contributed by atoms with van der Waals surface area (Å²) in [4.78, 5) is 39.8. The van der Waals surface area contributed by atoms with Crippen molar-refractivity contribution >= 4 is 23.6 Å². The highest BCUT2D eigenvalue weighted by Crippen LogP contribution is 2.31. The first-order valence-electron chi connectivity index (χ1n) is 17.2. The molecule has 4 heterocycles. The van der Waals surface area contributed by atoms with Crippen molar-refractivity contribution in [3.05, 3.63) is 64.9 Å². The molecular formula is C36H48N6O6. The zero-order valence-corrected chi connectivity index (χ0v) is 28.5. The van der Waals surface area contributed by atoms with E-state index in [1.807, 2.05) is 52.0 Å². The number of carbonyl (C=O) groups excluding carboxylic acids is 2. The minimum atomic E-state index is -1.05. The van der Waals surface area contributed by atoms with Gasteiger partial charge in [-0.3, -0.25) is 9.69 Å². The largest absolute Gasteiger partial charge is 0.486 e. The van der Waals surface area contributed by atoms with Crippen LogP contribution in [0.3, 0.4) is 0 Å². The van der Waals surface area contributed by atoms with E-state index in [4.69, 9.17) is 18.9 Å². The quantitative estimate of drug-likeness (QED) is 0.260. The number of amides is 2. The fourth-order valence-electron chi connectivity index (χ4n) is 6.36. The number of piperidine rings is 1. The Bertz CT molecular complexity index is 1590. The summed E-state index contributed by atoms with van der Waals surface area (Å²) in [5, 5.41) is 17.9. The lowest BCUT2D eigenvalue weighted by molar-refractivity contribution is -0.0113. The second kappa shape index (κ2) is 14.4. The summed E-state index contributed by atoms with van der Waals surface area (Å²) >= 11 is 0. The topological polar surface area (TPSA) is 142 Å². The van der Waals surface area contributed by atoms with Gasteiger partial charge in [-0.05, 0) is 108 Å². The maximum Gasteiger partial charge on any atom is 0.410 e. The van der Waals surface area contributed by atoms with Gasteiger partial charge in [-0.15, -0.1) is 0 Å². The summed E-state index contributed by atoms with van der Waals surface area (Å²) in [6, 6.07) is 9.12. The minimum absolute atomic E-state index is 0.0391. The number of oxazole rings is 1. The number of hydrogen-bond donors (Lipinski definition) is 3. The molecule has 2 amide bonds. The van der Waals surface area contributed by atoms with E-state index in [9.17, 15) is 14.7 Å². The number of benzene rings is 1. The summed E-state index contributed by atoms with van der Waals surface area (Å²) in [5.41, 5.74) is 2.42. The average Bonchev–Trinajstić information content (AvgIpc) is 3.47. The molecule has 2 atom stereocenters. The van der Waals surface area contributed by atoms with Crippen molar-refractivity contribution in [1.29, 1.82) is 0 Å². The number of nitrogens with zero attached hydrogens (tertiary/aromatic N) is 4. The molecule has 2 aliphatic heterocycles. The molecule has 2 aromatic heterocycles. The zero-order chi connectivity index (χ0) is 33.8. The van der Waals surface area contributed by atoms with E-state index in [-0.39, 0.29) is 25.6 Å². The van der Waals surface area contributed by atoms with Gasteiger partial charge in [0.15, 0.2) is 12.2 Å². The van der Waals surface area contributed by atoms with Crippen molar-refractivity contribution in [2.75, 3.05) is 29.9 Å². The number of aryl methyl sites for hydroxylation is 1. The Kier molecular flexibility index (Phi) is 10.1. The summed E-state index contributed by atoms with van der Waals surface area (Å²) in [6.07, 6.45) is 6.99. The van der Waals surface area contributed by atoms with Gasteiger partial charge in [-0.2, -0.15) is 0 Å². The second-order valence-corrected chi connectivity index (χ2v) is 14.2. The molecule has 1 aromatic carbocycles. The van der Waals surface area contributed by atoms with Gasteiger partial charge < -0.3 is 34.5 Å². The molecule has 12 nitrogen and oxygen atoms in total. The van der Waals surface area contributed by atoms with Crippen LogP contribution in [0, 0.1) is 6.92 Å². The fraction of sp³-hybridized carbons (Fsp3) is 0.556. The van der Waals surface area contributed by atoms with E-state index in [1.54, 1.807) is 11.0 Å². The number of ether oxygens (including phenoxy) is 2. The smallest absolute Gasteiger partial charge is 0.410 e. The van der Waals surface area contributed by atoms with Crippen LogP contribution in [-0.4, -0.2) is 75.4 Å². The lowest BCUT2D eigenvalue weighted by Gasteiger charge is -2.40. The molecule has 0 bridgehead atoms. The van der Waals surface area contributed by atoms with Crippen molar-refractivity contribution in [1.82, 2.24) is 20.2 Å². The van der Waals surface area contributed by atoms with Gasteiger partial charge in [-0.25, -0.2) is 14.8 Å². The number of carbonyl (C=O) groups is 2. The van der Waals surface area contributed by atoms with Crippen LogP contribution in [0.5, 0.6) is 5.75 Å². The van der Waals surface area contributed by atoms with Crippen LogP contribution >= 0.6 is 0 Å². The summed E-state index contributed by atoms with van der Waals surface area (Å²) < 4.78 is 17.1. The summed E-state index contributed by atoms with van der Waals surface area (Å²) in [5.74, 6) is 2.48. The highest BCUT2D eigenvalue weighted by Gasteiger charge is 2.37. The van der Waals surface area contributed by atoms with Crippen LogP contribution in [-0.2, 0) is 24.3 Å². The Hall–Kier alpha value is -4.32. The van der Waals surface area contributed by atoms with E-state index in [0.717, 1.165) is 61.4 Å². The number of nitrogens with one attached hydrogen (secondary N) is 2. The molecule has 0 unspecified atom stereocenters. The average molecular weight is 661 g/mol. The van der Waals surface area contributed by atoms with Gasteiger partial charge in [-0.1, -0.05) is 6.07 Å². The number of aliphatic hydroxyl groups is 1.